The standard InChI is InChI=1S/C12H18N4OS/c1-3-4-5-6-7-18-12-14-10-9(11(17)15-12)16(2)8-13-10/h8H,3-7H2,1-2H3,(H,14,15,17). The summed E-state index contributed by atoms with van der Waals surface area (Å²) in [5.41, 5.74) is 0.943. The minimum Gasteiger partial charge on any atom is -0.328 e. The van der Waals surface area contributed by atoms with Crippen molar-refractivity contribution in [2.45, 2.75) is 37.8 Å². The van der Waals surface area contributed by atoms with Gasteiger partial charge in [-0.2, -0.15) is 0 Å². The minimum absolute atomic E-state index is 0.115. The van der Waals surface area contributed by atoms with E-state index in [1.807, 2.05) is 0 Å². The van der Waals surface area contributed by atoms with Crippen LogP contribution in [0.1, 0.15) is 32.6 Å². The molecule has 0 aliphatic heterocycles. The number of thioether (sulfide) groups is 1. The molecule has 1 N–H and O–H groups in total. The SMILES string of the molecule is CCCCCCSc1nc2ncn(C)c2c(=O)[nH]1. The van der Waals surface area contributed by atoms with Gasteiger partial charge in [-0.05, 0) is 6.42 Å². The lowest BCUT2D eigenvalue weighted by molar-refractivity contribution is 0.706. The lowest BCUT2D eigenvalue weighted by Crippen LogP contribution is -2.11. The number of imidazole rings is 1. The van der Waals surface area contributed by atoms with Crippen LogP contribution in [0.2, 0.25) is 0 Å². The summed E-state index contributed by atoms with van der Waals surface area (Å²) >= 11 is 1.59. The number of hydrogen-bond donors (Lipinski definition) is 1. The summed E-state index contributed by atoms with van der Waals surface area (Å²) in [5, 5.41) is 0.669. The summed E-state index contributed by atoms with van der Waals surface area (Å²) in [6.45, 7) is 2.20. The summed E-state index contributed by atoms with van der Waals surface area (Å²) < 4.78 is 1.69. The van der Waals surface area contributed by atoms with Crippen LogP contribution in [0.25, 0.3) is 11.2 Å². The van der Waals surface area contributed by atoms with Gasteiger partial charge in [0.15, 0.2) is 16.3 Å². The molecule has 0 fully saturated rings. The Morgan fingerprint density at radius 1 is 1.39 bits per heavy atom. The van der Waals surface area contributed by atoms with Crippen LogP contribution in [0.3, 0.4) is 0 Å². The number of nitrogens with one attached hydrogen (secondary N) is 1. The molecule has 2 rings (SSSR count). The van der Waals surface area contributed by atoms with Crippen molar-refractivity contribution in [3.05, 3.63) is 16.7 Å². The fourth-order valence-electron chi connectivity index (χ4n) is 1.81. The molecular weight excluding hydrogens is 248 g/mol. The highest BCUT2D eigenvalue weighted by Gasteiger charge is 2.08. The summed E-state index contributed by atoms with van der Waals surface area (Å²) in [6.07, 6.45) is 6.51. The Hall–Kier alpha value is -1.30. The van der Waals surface area contributed by atoms with E-state index in [1.54, 1.807) is 29.7 Å². The van der Waals surface area contributed by atoms with Crippen molar-refractivity contribution in [2.75, 3.05) is 5.75 Å². The third-order valence-electron chi connectivity index (χ3n) is 2.80. The second kappa shape index (κ2) is 6.04. The van der Waals surface area contributed by atoms with E-state index in [-0.39, 0.29) is 5.56 Å². The molecule has 0 aliphatic rings. The molecule has 0 unspecified atom stereocenters. The zero-order valence-electron chi connectivity index (χ0n) is 10.8. The first kappa shape index (κ1) is 13.1. The predicted molar refractivity (Wildman–Crippen MR) is 74.0 cm³/mol. The quantitative estimate of drug-likeness (QED) is 0.495. The van der Waals surface area contributed by atoms with E-state index in [9.17, 15) is 4.79 Å². The van der Waals surface area contributed by atoms with Gasteiger partial charge in [0.2, 0.25) is 0 Å². The lowest BCUT2D eigenvalue weighted by atomic mass is 10.2. The first-order chi connectivity index (χ1) is 8.72. The maximum Gasteiger partial charge on any atom is 0.277 e. The van der Waals surface area contributed by atoms with Crippen molar-refractivity contribution < 1.29 is 0 Å². The summed E-state index contributed by atoms with van der Waals surface area (Å²) in [5.74, 6) is 0.987. The van der Waals surface area contributed by atoms with Gasteiger partial charge >= 0.3 is 0 Å². The first-order valence-electron chi connectivity index (χ1n) is 6.26. The number of aryl methyl sites for hydroxylation is 1. The van der Waals surface area contributed by atoms with Gasteiger partial charge in [0.05, 0.1) is 6.33 Å². The number of rotatable bonds is 6. The van der Waals surface area contributed by atoms with Crippen LogP contribution in [-0.4, -0.2) is 25.3 Å². The van der Waals surface area contributed by atoms with E-state index in [4.69, 9.17) is 0 Å². The average Bonchev–Trinajstić information content (AvgIpc) is 2.71. The molecule has 2 aromatic rings. The van der Waals surface area contributed by atoms with Gasteiger partial charge in [0.1, 0.15) is 0 Å². The Balaban J connectivity index is 2.04. The number of fused-ring (bicyclic) bond motifs is 1. The summed E-state index contributed by atoms with van der Waals surface area (Å²) in [7, 11) is 1.80. The Morgan fingerprint density at radius 2 is 2.22 bits per heavy atom. The van der Waals surface area contributed by atoms with Crippen LogP contribution in [0.4, 0.5) is 0 Å². The summed E-state index contributed by atoms with van der Waals surface area (Å²) in [4.78, 5) is 23.1. The van der Waals surface area contributed by atoms with E-state index in [2.05, 4.69) is 21.9 Å². The van der Waals surface area contributed by atoms with Crippen LogP contribution in [-0.2, 0) is 7.05 Å². The fraction of sp³-hybridized carbons (Fsp3) is 0.583. The largest absolute Gasteiger partial charge is 0.328 e. The molecule has 98 valence electrons. The van der Waals surface area contributed by atoms with E-state index in [0.717, 1.165) is 12.2 Å². The van der Waals surface area contributed by atoms with Crippen LogP contribution in [0.5, 0.6) is 0 Å². The van der Waals surface area contributed by atoms with Gasteiger partial charge in [-0.3, -0.25) is 9.78 Å². The molecule has 0 spiro atoms. The maximum atomic E-state index is 11.8. The number of nitrogens with zero attached hydrogens (tertiary/aromatic N) is 3. The molecule has 0 aliphatic carbocycles. The van der Waals surface area contributed by atoms with Crippen LogP contribution in [0, 0.1) is 0 Å². The second-order valence-electron chi connectivity index (χ2n) is 4.31. The van der Waals surface area contributed by atoms with Gasteiger partial charge in [0.25, 0.3) is 5.56 Å². The number of aromatic amines is 1. The zero-order chi connectivity index (χ0) is 13.0. The Kier molecular flexibility index (Phi) is 4.41. The molecule has 6 heteroatoms. The molecule has 18 heavy (non-hydrogen) atoms. The number of unbranched alkanes of at least 4 members (excludes halogenated alkanes) is 3. The van der Waals surface area contributed by atoms with Crippen LogP contribution in [0.15, 0.2) is 16.3 Å². The van der Waals surface area contributed by atoms with Crippen molar-refractivity contribution in [1.82, 2.24) is 19.5 Å². The van der Waals surface area contributed by atoms with Gasteiger partial charge in [-0.25, -0.2) is 9.97 Å². The van der Waals surface area contributed by atoms with Crippen molar-refractivity contribution in [3.8, 4) is 0 Å². The van der Waals surface area contributed by atoms with Crippen molar-refractivity contribution in [1.29, 1.82) is 0 Å². The predicted octanol–water partition coefficient (Wildman–Crippen LogP) is 2.33. The van der Waals surface area contributed by atoms with Gasteiger partial charge in [0, 0.05) is 12.8 Å². The Labute approximate surface area is 110 Å². The lowest BCUT2D eigenvalue weighted by Gasteiger charge is -2.01. The van der Waals surface area contributed by atoms with Gasteiger partial charge < -0.3 is 4.57 Å². The van der Waals surface area contributed by atoms with Gasteiger partial charge in [-0.1, -0.05) is 37.9 Å². The average molecular weight is 266 g/mol. The molecule has 2 aromatic heterocycles. The topological polar surface area (TPSA) is 63.6 Å². The van der Waals surface area contributed by atoms with Crippen molar-refractivity contribution in [2.24, 2.45) is 7.05 Å². The minimum atomic E-state index is -0.115. The third kappa shape index (κ3) is 2.93. The van der Waals surface area contributed by atoms with E-state index in [1.165, 1.54) is 19.3 Å². The summed E-state index contributed by atoms with van der Waals surface area (Å²) in [6, 6.07) is 0. The van der Waals surface area contributed by atoms with Crippen LogP contribution < -0.4 is 5.56 Å². The molecule has 0 bridgehead atoms. The molecule has 2 heterocycles. The molecule has 0 amide bonds. The third-order valence-corrected chi connectivity index (χ3v) is 3.76. The number of aromatic nitrogens is 4. The number of hydrogen-bond acceptors (Lipinski definition) is 4. The molecular formula is C12H18N4OS. The molecule has 0 saturated carbocycles. The van der Waals surface area contributed by atoms with Gasteiger partial charge in [-0.15, -0.1) is 0 Å². The van der Waals surface area contributed by atoms with Crippen LogP contribution >= 0.6 is 11.8 Å². The Morgan fingerprint density at radius 3 is 3.00 bits per heavy atom. The van der Waals surface area contributed by atoms with E-state index < -0.39 is 0 Å². The molecule has 0 saturated heterocycles. The highest BCUT2D eigenvalue weighted by atomic mass is 32.2. The maximum absolute atomic E-state index is 11.8. The number of H-pyrrole nitrogens is 1. The fourth-order valence-corrected chi connectivity index (χ4v) is 2.67. The molecule has 0 aromatic carbocycles. The molecule has 0 atom stereocenters. The van der Waals surface area contributed by atoms with Crippen molar-refractivity contribution in [3.63, 3.8) is 0 Å². The monoisotopic (exact) mass is 266 g/mol. The van der Waals surface area contributed by atoms with E-state index >= 15 is 0 Å². The van der Waals surface area contributed by atoms with E-state index in [0.29, 0.717) is 16.3 Å². The normalized spacial score (nSPS) is 11.2. The highest BCUT2D eigenvalue weighted by Crippen LogP contribution is 2.16. The molecule has 0 radical (unpaired) electrons. The highest BCUT2D eigenvalue weighted by molar-refractivity contribution is 7.99. The van der Waals surface area contributed by atoms with Crippen molar-refractivity contribution >= 4 is 22.9 Å². The second-order valence-corrected chi connectivity index (χ2v) is 5.39. The smallest absolute Gasteiger partial charge is 0.277 e. The first-order valence-corrected chi connectivity index (χ1v) is 7.25. The molecule has 5 nitrogen and oxygen atoms in total. The zero-order valence-corrected chi connectivity index (χ0v) is 11.6. The Bertz CT molecular complexity index is 575.